The molecule has 0 aliphatic heterocycles. The van der Waals surface area contributed by atoms with Crippen LogP contribution in [0.2, 0.25) is 0 Å². The molecule has 3 nitrogen and oxygen atoms in total. The van der Waals surface area contributed by atoms with Gasteiger partial charge in [0, 0.05) is 9.86 Å². The van der Waals surface area contributed by atoms with Crippen molar-refractivity contribution in [1.29, 1.82) is 5.26 Å². The summed E-state index contributed by atoms with van der Waals surface area (Å²) in [4.78, 5) is 4.61. The molecule has 0 fully saturated rings. The van der Waals surface area contributed by atoms with Crippen molar-refractivity contribution in [2.45, 2.75) is 6.54 Å². The normalized spacial score (nSPS) is 10.3. The van der Waals surface area contributed by atoms with Crippen molar-refractivity contribution in [1.82, 2.24) is 4.98 Å². The molecule has 0 aliphatic carbocycles. The molecule has 2 aromatic carbocycles. The summed E-state index contributed by atoms with van der Waals surface area (Å²) in [5.41, 5.74) is 3.36. The summed E-state index contributed by atoms with van der Waals surface area (Å²) < 4.78 is 0.897. The first-order chi connectivity index (χ1) is 10.3. The SMILES string of the molecule is N#Cc1cc(Br)ccc1NCc1ccc2ccccc2n1. The Morgan fingerprint density at radius 3 is 2.81 bits per heavy atom. The van der Waals surface area contributed by atoms with Crippen LogP contribution in [0.1, 0.15) is 11.3 Å². The molecule has 0 amide bonds. The van der Waals surface area contributed by atoms with Gasteiger partial charge in [-0.25, -0.2) is 0 Å². The van der Waals surface area contributed by atoms with Crippen LogP contribution in [0.25, 0.3) is 10.9 Å². The van der Waals surface area contributed by atoms with Crippen LogP contribution in [0.3, 0.4) is 0 Å². The maximum Gasteiger partial charge on any atom is 0.101 e. The summed E-state index contributed by atoms with van der Waals surface area (Å²) in [6, 6.07) is 19.9. The molecular weight excluding hydrogens is 326 g/mol. The highest BCUT2D eigenvalue weighted by atomic mass is 79.9. The van der Waals surface area contributed by atoms with Crippen LogP contribution in [0.15, 0.2) is 59.1 Å². The molecule has 0 saturated carbocycles. The standard InChI is InChI=1S/C17H12BrN3/c18-14-6-8-16(13(9-14)10-19)20-11-15-7-5-12-3-1-2-4-17(12)21-15/h1-9,20H,11H2. The Morgan fingerprint density at radius 2 is 1.95 bits per heavy atom. The maximum absolute atomic E-state index is 9.15. The summed E-state index contributed by atoms with van der Waals surface area (Å²) in [5.74, 6) is 0. The number of nitrogens with one attached hydrogen (secondary N) is 1. The second-order valence-corrected chi connectivity index (χ2v) is 5.57. The average Bonchev–Trinajstić information content (AvgIpc) is 2.53. The van der Waals surface area contributed by atoms with Gasteiger partial charge in [-0.1, -0.05) is 40.2 Å². The van der Waals surface area contributed by atoms with Crippen molar-refractivity contribution >= 4 is 32.5 Å². The van der Waals surface area contributed by atoms with Gasteiger partial charge in [0.15, 0.2) is 0 Å². The molecule has 4 heteroatoms. The van der Waals surface area contributed by atoms with Gasteiger partial charge in [-0.3, -0.25) is 4.98 Å². The van der Waals surface area contributed by atoms with Crippen LogP contribution in [0, 0.1) is 11.3 Å². The molecule has 1 N–H and O–H groups in total. The first-order valence-corrected chi connectivity index (χ1v) is 7.34. The largest absolute Gasteiger partial charge is 0.378 e. The van der Waals surface area contributed by atoms with Gasteiger partial charge in [-0.05, 0) is 30.3 Å². The van der Waals surface area contributed by atoms with E-state index < -0.39 is 0 Å². The van der Waals surface area contributed by atoms with Gasteiger partial charge in [-0.2, -0.15) is 5.26 Å². The fraction of sp³-hybridized carbons (Fsp3) is 0.0588. The van der Waals surface area contributed by atoms with Crippen molar-refractivity contribution in [2.75, 3.05) is 5.32 Å². The number of nitrogens with zero attached hydrogens (tertiary/aromatic N) is 2. The van der Waals surface area contributed by atoms with Crippen molar-refractivity contribution in [2.24, 2.45) is 0 Å². The third-order valence-corrected chi connectivity index (χ3v) is 3.71. The summed E-state index contributed by atoms with van der Waals surface area (Å²) in [6.45, 7) is 0.584. The number of rotatable bonds is 3. The predicted molar refractivity (Wildman–Crippen MR) is 87.9 cm³/mol. The van der Waals surface area contributed by atoms with Crippen LogP contribution in [-0.2, 0) is 6.54 Å². The number of aromatic nitrogens is 1. The smallest absolute Gasteiger partial charge is 0.101 e. The van der Waals surface area contributed by atoms with Crippen molar-refractivity contribution in [3.05, 3.63) is 70.3 Å². The first kappa shape index (κ1) is 13.6. The Bertz CT molecular complexity index is 837. The summed E-state index contributed by atoms with van der Waals surface area (Å²) in [6.07, 6.45) is 0. The number of benzene rings is 2. The number of hydrogen-bond acceptors (Lipinski definition) is 3. The second-order valence-electron chi connectivity index (χ2n) is 4.65. The van der Waals surface area contributed by atoms with Gasteiger partial charge in [0.1, 0.15) is 6.07 Å². The molecular formula is C17H12BrN3. The van der Waals surface area contributed by atoms with E-state index in [1.807, 2.05) is 42.5 Å². The fourth-order valence-electron chi connectivity index (χ4n) is 2.16. The minimum Gasteiger partial charge on any atom is -0.378 e. The van der Waals surface area contributed by atoms with Gasteiger partial charge < -0.3 is 5.32 Å². The number of fused-ring (bicyclic) bond motifs is 1. The molecule has 0 aliphatic rings. The van der Waals surface area contributed by atoms with E-state index in [9.17, 15) is 0 Å². The lowest BCUT2D eigenvalue weighted by molar-refractivity contribution is 1.07. The number of nitriles is 1. The molecule has 3 aromatic rings. The van der Waals surface area contributed by atoms with Crippen molar-refractivity contribution in [3.8, 4) is 6.07 Å². The van der Waals surface area contributed by atoms with Crippen LogP contribution < -0.4 is 5.32 Å². The van der Waals surface area contributed by atoms with Crippen LogP contribution in [0.4, 0.5) is 5.69 Å². The van der Waals surface area contributed by atoms with E-state index >= 15 is 0 Å². The highest BCUT2D eigenvalue weighted by molar-refractivity contribution is 9.10. The van der Waals surface area contributed by atoms with E-state index in [4.69, 9.17) is 5.26 Å². The number of anilines is 1. The Labute approximate surface area is 131 Å². The number of para-hydroxylation sites is 1. The fourth-order valence-corrected chi connectivity index (χ4v) is 2.52. The zero-order chi connectivity index (χ0) is 14.7. The topological polar surface area (TPSA) is 48.7 Å². The molecule has 3 rings (SSSR count). The maximum atomic E-state index is 9.15. The Hall–Kier alpha value is -2.38. The quantitative estimate of drug-likeness (QED) is 0.766. The van der Waals surface area contributed by atoms with Gasteiger partial charge in [0.05, 0.1) is 29.0 Å². The molecule has 0 unspecified atom stereocenters. The average molecular weight is 338 g/mol. The van der Waals surface area contributed by atoms with Crippen LogP contribution >= 0.6 is 15.9 Å². The number of halogens is 1. The molecule has 0 bridgehead atoms. The number of pyridine rings is 1. The highest BCUT2D eigenvalue weighted by Gasteiger charge is 2.03. The van der Waals surface area contributed by atoms with Gasteiger partial charge in [-0.15, -0.1) is 0 Å². The molecule has 0 atom stereocenters. The van der Waals surface area contributed by atoms with Gasteiger partial charge in [0.25, 0.3) is 0 Å². The van der Waals surface area contributed by atoms with E-state index in [-0.39, 0.29) is 0 Å². The minimum atomic E-state index is 0.584. The highest BCUT2D eigenvalue weighted by Crippen LogP contribution is 2.21. The zero-order valence-electron chi connectivity index (χ0n) is 11.2. The summed E-state index contributed by atoms with van der Waals surface area (Å²) in [5, 5.41) is 13.5. The van der Waals surface area contributed by atoms with E-state index in [1.165, 1.54) is 0 Å². The third-order valence-electron chi connectivity index (χ3n) is 3.22. The first-order valence-electron chi connectivity index (χ1n) is 6.54. The van der Waals surface area contributed by atoms with Gasteiger partial charge >= 0.3 is 0 Å². The zero-order valence-corrected chi connectivity index (χ0v) is 12.8. The molecule has 102 valence electrons. The second kappa shape index (κ2) is 5.94. The summed E-state index contributed by atoms with van der Waals surface area (Å²) >= 11 is 3.37. The minimum absolute atomic E-state index is 0.584. The third kappa shape index (κ3) is 3.04. The summed E-state index contributed by atoms with van der Waals surface area (Å²) in [7, 11) is 0. The van der Waals surface area contributed by atoms with Crippen molar-refractivity contribution < 1.29 is 0 Å². The molecule has 1 aromatic heterocycles. The van der Waals surface area contributed by atoms with E-state index in [0.717, 1.165) is 26.8 Å². The molecule has 0 saturated heterocycles. The predicted octanol–water partition coefficient (Wildman–Crippen LogP) is 4.48. The Morgan fingerprint density at radius 1 is 1.10 bits per heavy atom. The monoisotopic (exact) mass is 337 g/mol. The van der Waals surface area contributed by atoms with E-state index in [1.54, 1.807) is 6.07 Å². The lowest BCUT2D eigenvalue weighted by Crippen LogP contribution is -2.03. The Kier molecular flexibility index (Phi) is 3.85. The molecule has 0 spiro atoms. The Balaban J connectivity index is 1.82. The van der Waals surface area contributed by atoms with Gasteiger partial charge in [0.2, 0.25) is 0 Å². The van der Waals surface area contributed by atoms with Crippen LogP contribution in [0.5, 0.6) is 0 Å². The molecule has 21 heavy (non-hydrogen) atoms. The van der Waals surface area contributed by atoms with Crippen LogP contribution in [-0.4, -0.2) is 4.98 Å². The van der Waals surface area contributed by atoms with E-state index in [2.05, 4.69) is 38.4 Å². The molecule has 0 radical (unpaired) electrons. The lowest BCUT2D eigenvalue weighted by Gasteiger charge is -2.09. The number of hydrogen-bond donors (Lipinski definition) is 1. The van der Waals surface area contributed by atoms with Crippen molar-refractivity contribution in [3.63, 3.8) is 0 Å². The lowest BCUT2D eigenvalue weighted by atomic mass is 10.2. The van der Waals surface area contributed by atoms with E-state index in [0.29, 0.717) is 12.1 Å². The molecule has 1 heterocycles.